The second kappa shape index (κ2) is 4.97. The van der Waals surface area contributed by atoms with Crippen molar-refractivity contribution in [1.82, 2.24) is 14.9 Å². The van der Waals surface area contributed by atoms with Crippen molar-refractivity contribution in [1.29, 1.82) is 0 Å². The van der Waals surface area contributed by atoms with Gasteiger partial charge in [0.15, 0.2) is 5.82 Å². The zero-order valence-electron chi connectivity index (χ0n) is 11.5. The number of carbonyl (C=O) groups is 2. The van der Waals surface area contributed by atoms with E-state index in [-0.39, 0.29) is 24.8 Å². The van der Waals surface area contributed by atoms with Gasteiger partial charge in [-0.05, 0) is 18.6 Å². The summed E-state index contributed by atoms with van der Waals surface area (Å²) in [4.78, 5) is 34.0. The topological polar surface area (TPSA) is 89.2 Å². The minimum absolute atomic E-state index is 0.0396. The van der Waals surface area contributed by atoms with Gasteiger partial charge < -0.3 is 5.73 Å². The van der Waals surface area contributed by atoms with Gasteiger partial charge in [0.2, 0.25) is 5.91 Å². The zero-order chi connectivity index (χ0) is 15.0. The molecule has 2 heterocycles. The molecule has 106 valence electrons. The van der Waals surface area contributed by atoms with Crippen LogP contribution in [0.5, 0.6) is 0 Å². The normalized spacial score (nSPS) is 14.2. The van der Waals surface area contributed by atoms with Crippen LogP contribution in [0.2, 0.25) is 0 Å². The molecule has 0 spiro atoms. The molecule has 6 nitrogen and oxygen atoms in total. The number of aryl methyl sites for hydroxylation is 1. The first kappa shape index (κ1) is 13.2. The maximum absolute atomic E-state index is 12.4. The summed E-state index contributed by atoms with van der Waals surface area (Å²) < 4.78 is 0. The smallest absolute Gasteiger partial charge is 0.261 e. The fourth-order valence-electron chi connectivity index (χ4n) is 2.43. The van der Waals surface area contributed by atoms with E-state index in [1.165, 1.54) is 4.90 Å². The van der Waals surface area contributed by atoms with Crippen LogP contribution in [0.3, 0.4) is 0 Å². The van der Waals surface area contributed by atoms with Crippen LogP contribution in [-0.2, 0) is 17.8 Å². The van der Waals surface area contributed by atoms with Crippen molar-refractivity contribution in [2.75, 3.05) is 5.73 Å². The Labute approximate surface area is 121 Å². The third-order valence-corrected chi connectivity index (χ3v) is 3.36. The van der Waals surface area contributed by atoms with Gasteiger partial charge in [-0.2, -0.15) is 0 Å². The van der Waals surface area contributed by atoms with Gasteiger partial charge in [-0.3, -0.25) is 14.5 Å². The highest BCUT2D eigenvalue weighted by atomic mass is 16.2. The molecule has 0 unspecified atom stereocenters. The number of hydrogen-bond donors (Lipinski definition) is 1. The van der Waals surface area contributed by atoms with Gasteiger partial charge in [0.1, 0.15) is 5.82 Å². The Morgan fingerprint density at radius 1 is 1.24 bits per heavy atom. The van der Waals surface area contributed by atoms with Gasteiger partial charge in [0, 0.05) is 17.3 Å². The standard InChI is InChI=1S/C15H14N4O2/c1-9-6-12(16)18-13(17-9)8-19-14(20)7-10-4-2-3-5-11(10)15(19)21/h2-6H,7-8H2,1H3,(H2,16,17,18). The molecule has 2 aromatic rings. The summed E-state index contributed by atoms with van der Waals surface area (Å²) in [5.74, 6) is 0.135. The van der Waals surface area contributed by atoms with E-state index in [2.05, 4.69) is 9.97 Å². The Kier molecular flexibility index (Phi) is 3.13. The summed E-state index contributed by atoms with van der Waals surface area (Å²) in [6.45, 7) is 1.83. The summed E-state index contributed by atoms with van der Waals surface area (Å²) in [5, 5.41) is 0. The molecule has 1 aliphatic heterocycles. The van der Waals surface area contributed by atoms with Gasteiger partial charge in [0.25, 0.3) is 5.91 Å². The van der Waals surface area contributed by atoms with Crippen molar-refractivity contribution in [3.63, 3.8) is 0 Å². The van der Waals surface area contributed by atoms with Gasteiger partial charge in [-0.15, -0.1) is 0 Å². The summed E-state index contributed by atoms with van der Waals surface area (Å²) in [6.07, 6.45) is 0.212. The lowest BCUT2D eigenvalue weighted by Crippen LogP contribution is -2.42. The number of rotatable bonds is 2. The quantitative estimate of drug-likeness (QED) is 0.833. The summed E-state index contributed by atoms with van der Waals surface area (Å²) in [7, 11) is 0. The fourth-order valence-corrected chi connectivity index (χ4v) is 2.43. The third-order valence-electron chi connectivity index (χ3n) is 3.36. The molecule has 2 amide bonds. The van der Waals surface area contributed by atoms with E-state index < -0.39 is 0 Å². The maximum Gasteiger partial charge on any atom is 0.261 e. The number of fused-ring (bicyclic) bond motifs is 1. The van der Waals surface area contributed by atoms with E-state index in [1.54, 1.807) is 31.2 Å². The van der Waals surface area contributed by atoms with E-state index >= 15 is 0 Å². The monoisotopic (exact) mass is 282 g/mol. The number of aromatic nitrogens is 2. The average Bonchev–Trinajstić information content (AvgIpc) is 2.42. The molecule has 1 aromatic carbocycles. The minimum Gasteiger partial charge on any atom is -0.384 e. The molecular formula is C15H14N4O2. The molecule has 2 N–H and O–H groups in total. The van der Waals surface area contributed by atoms with Gasteiger partial charge >= 0.3 is 0 Å². The number of imide groups is 1. The molecule has 3 rings (SSSR count). The van der Waals surface area contributed by atoms with Crippen LogP contribution in [0.15, 0.2) is 30.3 Å². The predicted molar refractivity (Wildman–Crippen MR) is 76.2 cm³/mol. The van der Waals surface area contributed by atoms with Gasteiger partial charge in [-0.1, -0.05) is 18.2 Å². The molecular weight excluding hydrogens is 268 g/mol. The predicted octanol–water partition coefficient (Wildman–Crippen LogP) is 1.09. The zero-order valence-corrected chi connectivity index (χ0v) is 11.5. The minimum atomic E-state index is -0.314. The van der Waals surface area contributed by atoms with E-state index in [9.17, 15) is 9.59 Å². The van der Waals surface area contributed by atoms with Crippen LogP contribution in [0.4, 0.5) is 5.82 Å². The fraction of sp³-hybridized carbons (Fsp3) is 0.200. The molecule has 0 bridgehead atoms. The van der Waals surface area contributed by atoms with E-state index in [0.717, 1.165) is 5.56 Å². The van der Waals surface area contributed by atoms with Gasteiger partial charge in [-0.25, -0.2) is 9.97 Å². The van der Waals surface area contributed by atoms with Crippen LogP contribution < -0.4 is 5.73 Å². The first-order valence-electron chi connectivity index (χ1n) is 6.57. The highest BCUT2D eigenvalue weighted by molar-refractivity contribution is 6.09. The van der Waals surface area contributed by atoms with Crippen molar-refractivity contribution >= 4 is 17.6 Å². The van der Waals surface area contributed by atoms with Crippen molar-refractivity contribution in [2.45, 2.75) is 19.9 Å². The van der Waals surface area contributed by atoms with Crippen LogP contribution in [-0.4, -0.2) is 26.7 Å². The number of benzene rings is 1. The second-order valence-corrected chi connectivity index (χ2v) is 4.97. The molecule has 0 radical (unpaired) electrons. The number of nitrogens with two attached hydrogens (primary N) is 1. The maximum atomic E-state index is 12.4. The van der Waals surface area contributed by atoms with Gasteiger partial charge in [0.05, 0.1) is 13.0 Å². The highest BCUT2D eigenvalue weighted by Gasteiger charge is 2.31. The molecule has 0 atom stereocenters. The molecule has 1 aliphatic rings. The third kappa shape index (κ3) is 2.47. The largest absolute Gasteiger partial charge is 0.384 e. The number of anilines is 1. The first-order valence-corrected chi connectivity index (χ1v) is 6.57. The van der Waals surface area contributed by atoms with Crippen LogP contribution in [0.1, 0.15) is 27.4 Å². The van der Waals surface area contributed by atoms with E-state index in [1.807, 2.05) is 6.07 Å². The summed E-state index contributed by atoms with van der Waals surface area (Å²) in [5.41, 5.74) is 7.69. The highest BCUT2D eigenvalue weighted by Crippen LogP contribution is 2.20. The number of nitrogens with zero attached hydrogens (tertiary/aromatic N) is 3. The van der Waals surface area contributed by atoms with Crippen LogP contribution >= 0.6 is 0 Å². The Balaban J connectivity index is 1.92. The number of hydrogen-bond acceptors (Lipinski definition) is 5. The SMILES string of the molecule is Cc1cc(N)nc(CN2C(=O)Cc3ccccc3C2=O)n1. The van der Waals surface area contributed by atoms with E-state index in [0.29, 0.717) is 22.9 Å². The molecule has 0 saturated carbocycles. The first-order chi connectivity index (χ1) is 10.0. The van der Waals surface area contributed by atoms with Crippen molar-refractivity contribution < 1.29 is 9.59 Å². The molecule has 6 heteroatoms. The lowest BCUT2D eigenvalue weighted by Gasteiger charge is -2.26. The lowest BCUT2D eigenvalue weighted by molar-refractivity contribution is -0.128. The molecule has 0 aliphatic carbocycles. The summed E-state index contributed by atoms with van der Waals surface area (Å²) in [6, 6.07) is 8.76. The van der Waals surface area contributed by atoms with E-state index in [4.69, 9.17) is 5.73 Å². The molecule has 21 heavy (non-hydrogen) atoms. The molecule has 0 fully saturated rings. The number of nitrogen functional groups attached to an aromatic ring is 1. The Bertz CT molecular complexity index is 722. The number of amides is 2. The lowest BCUT2D eigenvalue weighted by atomic mass is 9.98. The van der Waals surface area contributed by atoms with Crippen molar-refractivity contribution in [3.05, 3.63) is 53.0 Å². The molecule has 0 saturated heterocycles. The Morgan fingerprint density at radius 3 is 2.76 bits per heavy atom. The van der Waals surface area contributed by atoms with Crippen LogP contribution in [0, 0.1) is 6.92 Å². The average molecular weight is 282 g/mol. The van der Waals surface area contributed by atoms with Crippen molar-refractivity contribution in [3.8, 4) is 0 Å². The number of carbonyl (C=O) groups excluding carboxylic acids is 2. The van der Waals surface area contributed by atoms with Crippen molar-refractivity contribution in [2.24, 2.45) is 0 Å². The summed E-state index contributed by atoms with van der Waals surface area (Å²) >= 11 is 0. The Morgan fingerprint density at radius 2 is 2.00 bits per heavy atom. The molecule has 1 aromatic heterocycles. The van der Waals surface area contributed by atoms with Crippen LogP contribution in [0.25, 0.3) is 0 Å². The second-order valence-electron chi connectivity index (χ2n) is 4.97. The Hall–Kier alpha value is -2.76.